The first kappa shape index (κ1) is 13.3. The van der Waals surface area contributed by atoms with Gasteiger partial charge in [-0.05, 0) is 30.2 Å². The fourth-order valence-corrected chi connectivity index (χ4v) is 4.01. The van der Waals surface area contributed by atoms with Gasteiger partial charge in [0.05, 0.1) is 25.4 Å². The summed E-state index contributed by atoms with van der Waals surface area (Å²) in [4.78, 5) is 14.7. The lowest BCUT2D eigenvalue weighted by molar-refractivity contribution is -0.135. The van der Waals surface area contributed by atoms with Gasteiger partial charge in [-0.3, -0.25) is 4.79 Å². The van der Waals surface area contributed by atoms with Crippen LogP contribution in [0.15, 0.2) is 30.3 Å². The van der Waals surface area contributed by atoms with Crippen molar-refractivity contribution in [2.75, 3.05) is 19.8 Å². The second-order valence-electron chi connectivity index (χ2n) is 6.54. The average Bonchev–Trinajstić information content (AvgIpc) is 2.83. The molecule has 1 unspecified atom stereocenters. The van der Waals surface area contributed by atoms with E-state index in [9.17, 15) is 9.90 Å². The number of hydrogen-bond acceptors (Lipinski definition) is 3. The Morgan fingerprint density at radius 2 is 1.95 bits per heavy atom. The molecule has 5 atom stereocenters. The molecule has 4 heteroatoms. The van der Waals surface area contributed by atoms with Crippen molar-refractivity contribution >= 4 is 5.91 Å². The van der Waals surface area contributed by atoms with E-state index < -0.39 is 6.10 Å². The highest BCUT2D eigenvalue weighted by Gasteiger charge is 2.60. The summed E-state index contributed by atoms with van der Waals surface area (Å²) in [6.07, 6.45) is 1.04. The lowest BCUT2D eigenvalue weighted by Crippen LogP contribution is -2.42. The van der Waals surface area contributed by atoms with Crippen LogP contribution in [-0.4, -0.2) is 47.8 Å². The van der Waals surface area contributed by atoms with Gasteiger partial charge >= 0.3 is 0 Å². The number of carbonyl (C=O) groups excluding carboxylic acids is 1. The number of nitrogens with zero attached hydrogens (tertiary/aromatic N) is 1. The minimum Gasteiger partial charge on any atom is -0.391 e. The second-order valence-corrected chi connectivity index (χ2v) is 6.54. The molecular weight excluding hydrogens is 266 g/mol. The molecule has 1 aromatic carbocycles. The van der Waals surface area contributed by atoms with E-state index in [0.717, 1.165) is 19.6 Å². The van der Waals surface area contributed by atoms with Crippen molar-refractivity contribution in [3.8, 4) is 0 Å². The van der Waals surface area contributed by atoms with Crippen LogP contribution in [0.4, 0.5) is 0 Å². The highest BCUT2D eigenvalue weighted by atomic mass is 16.5. The van der Waals surface area contributed by atoms with E-state index in [1.807, 2.05) is 23.1 Å². The van der Waals surface area contributed by atoms with Gasteiger partial charge in [0.1, 0.15) is 0 Å². The van der Waals surface area contributed by atoms with Crippen molar-refractivity contribution in [2.24, 2.45) is 17.8 Å². The number of aliphatic hydroxyl groups excluding tert-OH is 1. The van der Waals surface area contributed by atoms with Crippen LogP contribution in [0.1, 0.15) is 12.0 Å². The van der Waals surface area contributed by atoms with Gasteiger partial charge in [0.15, 0.2) is 0 Å². The Morgan fingerprint density at radius 3 is 2.67 bits per heavy atom. The van der Waals surface area contributed by atoms with E-state index in [2.05, 4.69) is 12.1 Å². The predicted octanol–water partition coefficient (Wildman–Crippen LogP) is 1.08. The zero-order valence-corrected chi connectivity index (χ0v) is 12.0. The minimum absolute atomic E-state index is 0.0675. The van der Waals surface area contributed by atoms with Crippen molar-refractivity contribution in [1.82, 2.24) is 4.90 Å². The van der Waals surface area contributed by atoms with Crippen molar-refractivity contribution < 1.29 is 14.6 Å². The smallest absolute Gasteiger partial charge is 0.226 e. The van der Waals surface area contributed by atoms with Gasteiger partial charge in [0, 0.05) is 12.5 Å². The molecule has 2 saturated heterocycles. The lowest BCUT2D eigenvalue weighted by atomic mass is 10.0. The summed E-state index contributed by atoms with van der Waals surface area (Å²) in [5.41, 5.74) is 1.18. The molecule has 1 amide bonds. The highest BCUT2D eigenvalue weighted by Crippen LogP contribution is 2.52. The van der Waals surface area contributed by atoms with E-state index >= 15 is 0 Å². The number of hydrogen-bond donors (Lipinski definition) is 1. The molecule has 1 aliphatic carbocycles. The van der Waals surface area contributed by atoms with E-state index in [-0.39, 0.29) is 17.9 Å². The number of likely N-dealkylation sites (tertiary alicyclic amines) is 1. The molecule has 112 valence electrons. The van der Waals surface area contributed by atoms with Crippen LogP contribution in [-0.2, 0) is 16.0 Å². The topological polar surface area (TPSA) is 49.8 Å². The summed E-state index contributed by atoms with van der Waals surface area (Å²) in [7, 11) is 0. The molecule has 1 aromatic rings. The Balaban J connectivity index is 1.47. The number of benzene rings is 1. The maximum atomic E-state index is 12.7. The number of carbonyl (C=O) groups is 1. The molecule has 0 radical (unpaired) electrons. The molecule has 4 rings (SSSR count). The molecule has 2 heterocycles. The van der Waals surface area contributed by atoms with Gasteiger partial charge < -0.3 is 14.7 Å². The fourth-order valence-electron chi connectivity index (χ4n) is 4.01. The van der Waals surface area contributed by atoms with Crippen molar-refractivity contribution in [1.29, 1.82) is 0 Å². The van der Waals surface area contributed by atoms with E-state index in [1.165, 1.54) is 5.56 Å². The number of rotatable bonds is 3. The van der Waals surface area contributed by atoms with Gasteiger partial charge in [-0.2, -0.15) is 0 Å². The number of fused-ring (bicyclic) bond motifs is 1. The Labute approximate surface area is 124 Å². The quantitative estimate of drug-likeness (QED) is 0.905. The van der Waals surface area contributed by atoms with E-state index in [0.29, 0.717) is 24.8 Å². The SMILES string of the molecule is O=C(C1[C@H]2COC[C@@H]12)N1CC[C@H](O)[C@@H]1Cc1ccccc1. The summed E-state index contributed by atoms with van der Waals surface area (Å²) in [6.45, 7) is 2.16. The fraction of sp³-hybridized carbons (Fsp3) is 0.588. The maximum Gasteiger partial charge on any atom is 0.226 e. The van der Waals surface area contributed by atoms with Crippen molar-refractivity contribution in [3.05, 3.63) is 35.9 Å². The third kappa shape index (κ3) is 2.27. The standard InChI is InChI=1S/C17H21NO3/c19-15-6-7-18(14(15)8-11-4-2-1-3-5-11)17(20)16-12-9-21-10-13(12)16/h1-5,12-16,19H,6-10H2/t12-,13+,14-,15-,16?/m0/s1. The van der Waals surface area contributed by atoms with Crippen molar-refractivity contribution in [3.63, 3.8) is 0 Å². The van der Waals surface area contributed by atoms with Gasteiger partial charge in [0.2, 0.25) is 5.91 Å². The van der Waals surface area contributed by atoms with Crippen LogP contribution >= 0.6 is 0 Å². The third-order valence-electron chi connectivity index (χ3n) is 5.32. The first-order valence-corrected chi connectivity index (χ1v) is 7.86. The van der Waals surface area contributed by atoms with Gasteiger partial charge in [-0.25, -0.2) is 0 Å². The van der Waals surface area contributed by atoms with Crippen molar-refractivity contribution in [2.45, 2.75) is 25.0 Å². The molecule has 21 heavy (non-hydrogen) atoms. The van der Waals surface area contributed by atoms with Gasteiger partial charge in [0.25, 0.3) is 0 Å². The molecular formula is C17H21NO3. The summed E-state index contributed by atoms with van der Waals surface area (Å²) in [5.74, 6) is 1.27. The van der Waals surface area contributed by atoms with Crippen LogP contribution in [0, 0.1) is 17.8 Å². The maximum absolute atomic E-state index is 12.7. The summed E-state index contributed by atoms with van der Waals surface area (Å²) in [5, 5.41) is 10.3. The molecule has 1 saturated carbocycles. The zero-order chi connectivity index (χ0) is 14.4. The Kier molecular flexibility index (Phi) is 3.23. The Bertz CT molecular complexity index is 522. The minimum atomic E-state index is -0.399. The summed E-state index contributed by atoms with van der Waals surface area (Å²) >= 11 is 0. The molecule has 3 aliphatic rings. The molecule has 1 N–H and O–H groups in total. The second kappa shape index (κ2) is 5.11. The van der Waals surface area contributed by atoms with E-state index in [1.54, 1.807) is 0 Å². The number of ether oxygens (including phenoxy) is 1. The molecule has 4 nitrogen and oxygen atoms in total. The lowest BCUT2D eigenvalue weighted by Gasteiger charge is -2.27. The van der Waals surface area contributed by atoms with Crippen LogP contribution in [0.3, 0.4) is 0 Å². The normalized spacial score (nSPS) is 37.6. The first-order chi connectivity index (χ1) is 10.3. The van der Waals surface area contributed by atoms with Crippen LogP contribution in [0.5, 0.6) is 0 Å². The molecule has 0 aromatic heterocycles. The molecule has 2 aliphatic heterocycles. The van der Waals surface area contributed by atoms with Gasteiger partial charge in [-0.1, -0.05) is 30.3 Å². The van der Waals surface area contributed by atoms with Crippen LogP contribution in [0.25, 0.3) is 0 Å². The first-order valence-electron chi connectivity index (χ1n) is 7.86. The largest absolute Gasteiger partial charge is 0.391 e. The molecule has 0 spiro atoms. The summed E-state index contributed by atoms with van der Waals surface area (Å²) < 4.78 is 5.37. The summed E-state index contributed by atoms with van der Waals surface area (Å²) in [6, 6.07) is 10.1. The number of aliphatic hydroxyl groups is 1. The highest BCUT2D eigenvalue weighted by molar-refractivity contribution is 5.83. The van der Waals surface area contributed by atoms with Crippen LogP contribution in [0.2, 0.25) is 0 Å². The molecule has 0 bridgehead atoms. The number of amides is 1. The monoisotopic (exact) mass is 287 g/mol. The Morgan fingerprint density at radius 1 is 1.24 bits per heavy atom. The van der Waals surface area contributed by atoms with Gasteiger partial charge in [-0.15, -0.1) is 0 Å². The average molecular weight is 287 g/mol. The predicted molar refractivity (Wildman–Crippen MR) is 77.6 cm³/mol. The van der Waals surface area contributed by atoms with E-state index in [4.69, 9.17) is 4.74 Å². The molecule has 3 fully saturated rings. The van der Waals surface area contributed by atoms with Crippen LogP contribution < -0.4 is 0 Å². The third-order valence-corrected chi connectivity index (χ3v) is 5.32. The zero-order valence-electron chi connectivity index (χ0n) is 12.0. The Hall–Kier alpha value is -1.39.